The fourth-order valence-electron chi connectivity index (χ4n) is 3.24. The van der Waals surface area contributed by atoms with Gasteiger partial charge in [-0.2, -0.15) is 26.3 Å². The van der Waals surface area contributed by atoms with Gasteiger partial charge in [-0.25, -0.2) is 14.8 Å². The van der Waals surface area contributed by atoms with E-state index in [4.69, 9.17) is 0 Å². The summed E-state index contributed by atoms with van der Waals surface area (Å²) >= 11 is 0. The van der Waals surface area contributed by atoms with Gasteiger partial charge < -0.3 is 15.5 Å². The van der Waals surface area contributed by atoms with Gasteiger partial charge in [0.2, 0.25) is 5.95 Å². The van der Waals surface area contributed by atoms with Crippen molar-refractivity contribution in [3.8, 4) is 0 Å². The maximum atomic E-state index is 13.0. The number of rotatable bonds is 3. The molecule has 2 N–H and O–H groups in total. The molecule has 2 amide bonds. The smallest absolute Gasteiger partial charge is 0.341 e. The van der Waals surface area contributed by atoms with Crippen LogP contribution in [-0.4, -0.2) is 29.1 Å². The average Bonchev–Trinajstić information content (AvgIpc) is 3.17. The third-order valence-corrected chi connectivity index (χ3v) is 4.73. The Bertz CT molecular complexity index is 927. The monoisotopic (exact) mass is 447 g/mol. The number of alkyl halides is 6. The summed E-state index contributed by atoms with van der Waals surface area (Å²) in [6, 6.07) is -0.165. The molecule has 1 aromatic heterocycles. The molecule has 0 saturated carbocycles. The van der Waals surface area contributed by atoms with E-state index in [0.717, 1.165) is 25.9 Å². The van der Waals surface area contributed by atoms with E-state index >= 15 is 0 Å². The number of aromatic nitrogens is 2. The lowest BCUT2D eigenvalue weighted by atomic mass is 10.1. The lowest BCUT2D eigenvalue weighted by Crippen LogP contribution is -2.24. The van der Waals surface area contributed by atoms with E-state index in [1.807, 2.05) is 10.2 Å². The lowest BCUT2D eigenvalue weighted by molar-refractivity contribution is -0.143. The van der Waals surface area contributed by atoms with Crippen molar-refractivity contribution in [1.82, 2.24) is 9.97 Å². The summed E-state index contributed by atoms with van der Waals surface area (Å²) in [4.78, 5) is 23.0. The Balaban J connectivity index is 1.82. The molecule has 0 unspecified atom stereocenters. The number of halogens is 6. The van der Waals surface area contributed by atoms with Gasteiger partial charge >= 0.3 is 18.4 Å². The van der Waals surface area contributed by atoms with Crippen molar-refractivity contribution in [3.63, 3.8) is 0 Å². The highest BCUT2D eigenvalue weighted by Gasteiger charge is 2.37. The second kappa shape index (κ2) is 8.23. The second-order valence-electron chi connectivity index (χ2n) is 7.14. The minimum absolute atomic E-state index is 0.0116. The number of nitrogens with one attached hydrogen (secondary N) is 2. The van der Waals surface area contributed by atoms with Crippen LogP contribution in [0.1, 0.15) is 35.4 Å². The number of urea groups is 1. The number of carbonyl (C=O) groups excluding carboxylic acids is 1. The van der Waals surface area contributed by atoms with Gasteiger partial charge in [0.25, 0.3) is 0 Å². The first-order valence-corrected chi connectivity index (χ1v) is 9.32. The highest BCUT2D eigenvalue weighted by molar-refractivity contribution is 6.00. The minimum atomic E-state index is -5.01. The zero-order valence-electron chi connectivity index (χ0n) is 16.6. The van der Waals surface area contributed by atoms with E-state index < -0.39 is 35.2 Å². The van der Waals surface area contributed by atoms with Gasteiger partial charge in [-0.15, -0.1) is 0 Å². The summed E-state index contributed by atoms with van der Waals surface area (Å²) in [5, 5.41) is 4.43. The number of hydrogen-bond acceptors (Lipinski definition) is 4. The van der Waals surface area contributed by atoms with Crippen LogP contribution in [0.5, 0.6) is 0 Å². The number of hydrogen-bond donors (Lipinski definition) is 2. The van der Waals surface area contributed by atoms with Gasteiger partial charge in [0.1, 0.15) is 0 Å². The summed E-state index contributed by atoms with van der Waals surface area (Å²) in [5.41, 5.74) is -2.63. The molecule has 31 heavy (non-hydrogen) atoms. The fraction of sp³-hybridized carbons (Fsp3) is 0.421. The van der Waals surface area contributed by atoms with Crippen LogP contribution >= 0.6 is 0 Å². The molecular formula is C19H19F6N5O. The SMILES string of the molecule is Cc1nc(N2CCCC2)nc(C)c1NC(=O)Nc1cc(C(F)(F)F)cc(C(F)(F)F)c1. The first-order valence-electron chi connectivity index (χ1n) is 9.32. The molecule has 12 heteroatoms. The number of aryl methyl sites for hydroxylation is 2. The van der Waals surface area contributed by atoms with E-state index in [1.165, 1.54) is 0 Å². The molecule has 1 aromatic carbocycles. The average molecular weight is 447 g/mol. The quantitative estimate of drug-likeness (QED) is 0.621. The third-order valence-electron chi connectivity index (χ3n) is 4.73. The third kappa shape index (κ3) is 5.36. The van der Waals surface area contributed by atoms with E-state index in [-0.39, 0.29) is 11.8 Å². The highest BCUT2D eigenvalue weighted by Crippen LogP contribution is 2.37. The predicted molar refractivity (Wildman–Crippen MR) is 102 cm³/mol. The molecule has 2 heterocycles. The Morgan fingerprint density at radius 2 is 1.35 bits per heavy atom. The van der Waals surface area contributed by atoms with Crippen molar-refractivity contribution in [1.29, 1.82) is 0 Å². The lowest BCUT2D eigenvalue weighted by Gasteiger charge is -2.19. The Labute approximate surface area is 173 Å². The molecule has 1 fully saturated rings. The van der Waals surface area contributed by atoms with Crippen LogP contribution in [0.25, 0.3) is 0 Å². The molecular weight excluding hydrogens is 428 g/mol. The fourth-order valence-corrected chi connectivity index (χ4v) is 3.24. The molecule has 1 saturated heterocycles. The van der Waals surface area contributed by atoms with E-state index in [2.05, 4.69) is 15.3 Å². The Morgan fingerprint density at radius 3 is 1.81 bits per heavy atom. The zero-order valence-corrected chi connectivity index (χ0v) is 16.6. The molecule has 3 rings (SSSR count). The Kier molecular flexibility index (Phi) is 6.01. The number of carbonyl (C=O) groups is 1. The van der Waals surface area contributed by atoms with Crippen molar-refractivity contribution < 1.29 is 31.1 Å². The first-order chi connectivity index (χ1) is 14.3. The molecule has 0 bridgehead atoms. The first kappa shape index (κ1) is 22.6. The number of anilines is 3. The van der Waals surface area contributed by atoms with Gasteiger partial charge in [0.15, 0.2) is 0 Å². The summed E-state index contributed by atoms with van der Waals surface area (Å²) in [7, 11) is 0. The van der Waals surface area contributed by atoms with Crippen molar-refractivity contribution >= 4 is 23.4 Å². The second-order valence-corrected chi connectivity index (χ2v) is 7.14. The van der Waals surface area contributed by atoms with Crippen molar-refractivity contribution in [2.45, 2.75) is 39.0 Å². The molecule has 0 aliphatic carbocycles. The normalized spacial score (nSPS) is 14.6. The molecule has 1 aliphatic heterocycles. The zero-order chi connectivity index (χ0) is 23.0. The van der Waals surface area contributed by atoms with E-state index in [1.54, 1.807) is 13.8 Å². The molecule has 6 nitrogen and oxygen atoms in total. The molecule has 1 aliphatic rings. The summed E-state index contributed by atoms with van der Waals surface area (Å²) in [5.74, 6) is 0.506. The van der Waals surface area contributed by atoms with E-state index in [0.29, 0.717) is 29.5 Å². The predicted octanol–water partition coefficient (Wildman–Crippen LogP) is 5.38. The maximum absolute atomic E-state index is 13.0. The standard InChI is InChI=1S/C19H19F6N5O/c1-10-15(11(2)27-16(26-10)30-5-3-4-6-30)29-17(31)28-14-8-12(18(20,21)22)7-13(9-14)19(23,24)25/h7-9H,3-6H2,1-2H3,(H2,28,29,31). The largest absolute Gasteiger partial charge is 0.416 e. The topological polar surface area (TPSA) is 70.2 Å². The van der Waals surface area contributed by atoms with Crippen LogP contribution in [0.4, 0.5) is 48.5 Å². The van der Waals surface area contributed by atoms with Crippen LogP contribution in [-0.2, 0) is 12.4 Å². The number of amides is 2. The van der Waals surface area contributed by atoms with Gasteiger partial charge in [-0.05, 0) is 44.9 Å². The highest BCUT2D eigenvalue weighted by atomic mass is 19.4. The number of benzene rings is 1. The van der Waals surface area contributed by atoms with Gasteiger partial charge in [-0.3, -0.25) is 0 Å². The Hall–Kier alpha value is -3.05. The Morgan fingerprint density at radius 1 is 0.871 bits per heavy atom. The van der Waals surface area contributed by atoms with Crippen molar-refractivity contribution in [3.05, 3.63) is 40.7 Å². The minimum Gasteiger partial charge on any atom is -0.341 e. The molecule has 0 radical (unpaired) electrons. The molecule has 0 spiro atoms. The summed E-state index contributed by atoms with van der Waals surface area (Å²) in [6.07, 6.45) is -8.00. The van der Waals surface area contributed by atoms with Crippen LogP contribution in [0.3, 0.4) is 0 Å². The van der Waals surface area contributed by atoms with Crippen molar-refractivity contribution in [2.75, 3.05) is 28.6 Å². The van der Waals surface area contributed by atoms with Crippen LogP contribution < -0.4 is 15.5 Å². The molecule has 2 aromatic rings. The number of nitrogens with zero attached hydrogens (tertiary/aromatic N) is 3. The van der Waals surface area contributed by atoms with Crippen molar-refractivity contribution in [2.24, 2.45) is 0 Å². The maximum Gasteiger partial charge on any atom is 0.416 e. The summed E-state index contributed by atoms with van der Waals surface area (Å²) in [6.45, 7) is 4.86. The van der Waals surface area contributed by atoms with Crippen LogP contribution in [0.2, 0.25) is 0 Å². The van der Waals surface area contributed by atoms with Gasteiger partial charge in [-0.1, -0.05) is 0 Å². The molecule has 168 valence electrons. The summed E-state index contributed by atoms with van der Waals surface area (Å²) < 4.78 is 77.9. The van der Waals surface area contributed by atoms with Gasteiger partial charge in [0.05, 0.1) is 28.2 Å². The molecule has 0 atom stereocenters. The van der Waals surface area contributed by atoms with Gasteiger partial charge in [0, 0.05) is 18.8 Å². The van der Waals surface area contributed by atoms with Crippen LogP contribution in [0.15, 0.2) is 18.2 Å². The van der Waals surface area contributed by atoms with Crippen LogP contribution in [0, 0.1) is 13.8 Å². The van der Waals surface area contributed by atoms with E-state index in [9.17, 15) is 31.1 Å².